The first kappa shape index (κ1) is 20.7. The van der Waals surface area contributed by atoms with Gasteiger partial charge < -0.3 is 0 Å². The zero-order chi connectivity index (χ0) is 15.6. The van der Waals surface area contributed by atoms with Gasteiger partial charge in [-0.15, -0.1) is 0 Å². The molecule has 0 aromatic carbocycles. The van der Waals surface area contributed by atoms with E-state index in [0.29, 0.717) is 0 Å². The fourth-order valence-electron chi connectivity index (χ4n) is 2.80. The van der Waals surface area contributed by atoms with Gasteiger partial charge in [0.2, 0.25) is 0 Å². The lowest BCUT2D eigenvalue weighted by molar-refractivity contribution is 0.528. The normalized spacial score (nSPS) is 11.8. The van der Waals surface area contributed by atoms with Gasteiger partial charge in [-0.3, -0.25) is 0 Å². The first-order valence-corrected chi connectivity index (χ1v) is 9.92. The predicted molar refractivity (Wildman–Crippen MR) is 98.9 cm³/mol. The zero-order valence-electron chi connectivity index (χ0n) is 15.3. The molecule has 21 heavy (non-hydrogen) atoms. The van der Waals surface area contributed by atoms with Crippen molar-refractivity contribution in [2.45, 2.75) is 117 Å². The van der Waals surface area contributed by atoms with Crippen molar-refractivity contribution in [3.05, 3.63) is 12.2 Å². The third-order valence-corrected chi connectivity index (χ3v) is 4.29. The molecule has 0 unspecified atom stereocenters. The predicted octanol–water partition coefficient (Wildman–Crippen LogP) is 8.07. The number of rotatable bonds is 16. The highest BCUT2D eigenvalue weighted by atomic mass is 14.0. The molecule has 0 heteroatoms. The Morgan fingerprint density at radius 1 is 0.571 bits per heavy atom. The van der Waals surface area contributed by atoms with E-state index in [-0.39, 0.29) is 0 Å². The monoisotopic (exact) mass is 294 g/mol. The van der Waals surface area contributed by atoms with Crippen LogP contribution >= 0.6 is 0 Å². The molecule has 0 bridgehead atoms. The third kappa shape index (κ3) is 19.7. The van der Waals surface area contributed by atoms with Gasteiger partial charge in [-0.25, -0.2) is 0 Å². The second-order valence-electron chi connectivity index (χ2n) is 7.12. The molecule has 0 radical (unpaired) electrons. The molecule has 0 aromatic heterocycles. The summed E-state index contributed by atoms with van der Waals surface area (Å²) in [6.45, 7) is 6.94. The van der Waals surface area contributed by atoms with Crippen molar-refractivity contribution >= 4 is 0 Å². The number of unbranched alkanes of at least 4 members (excludes halogenated alkanes) is 12. The summed E-state index contributed by atoms with van der Waals surface area (Å²) in [5, 5.41) is 0. The lowest BCUT2D eigenvalue weighted by Crippen LogP contribution is -1.86. The van der Waals surface area contributed by atoms with E-state index in [2.05, 4.69) is 32.9 Å². The number of hydrogen-bond donors (Lipinski definition) is 0. The van der Waals surface area contributed by atoms with Crippen molar-refractivity contribution in [3.8, 4) is 0 Å². The van der Waals surface area contributed by atoms with Crippen LogP contribution in [0.2, 0.25) is 0 Å². The van der Waals surface area contributed by atoms with E-state index in [9.17, 15) is 0 Å². The van der Waals surface area contributed by atoms with Gasteiger partial charge >= 0.3 is 0 Å². The Morgan fingerprint density at radius 3 is 1.48 bits per heavy atom. The smallest absolute Gasteiger partial charge is 0.0351 e. The second kappa shape index (κ2) is 17.8. The molecular formula is C21H42. The first-order chi connectivity index (χ1) is 10.3. The Bertz CT molecular complexity index is 202. The van der Waals surface area contributed by atoms with Crippen molar-refractivity contribution in [2.75, 3.05) is 0 Å². The van der Waals surface area contributed by atoms with Crippen molar-refractivity contribution in [1.82, 2.24) is 0 Å². The average molecular weight is 295 g/mol. The van der Waals surface area contributed by atoms with E-state index >= 15 is 0 Å². The van der Waals surface area contributed by atoms with Crippen LogP contribution in [0.25, 0.3) is 0 Å². The highest BCUT2D eigenvalue weighted by Gasteiger charge is 1.93. The molecule has 0 heterocycles. The summed E-state index contributed by atoms with van der Waals surface area (Å²) in [5.74, 6) is 0.882. The maximum atomic E-state index is 2.42. The minimum absolute atomic E-state index is 0.882. The van der Waals surface area contributed by atoms with E-state index in [1.54, 1.807) is 0 Å². The molecule has 0 saturated heterocycles. The van der Waals surface area contributed by atoms with Crippen LogP contribution in [0.1, 0.15) is 117 Å². The summed E-state index contributed by atoms with van der Waals surface area (Å²) in [4.78, 5) is 0. The highest BCUT2D eigenvalue weighted by Crippen LogP contribution is 2.12. The van der Waals surface area contributed by atoms with Crippen molar-refractivity contribution in [3.63, 3.8) is 0 Å². The van der Waals surface area contributed by atoms with E-state index < -0.39 is 0 Å². The molecule has 0 saturated carbocycles. The summed E-state index contributed by atoms with van der Waals surface area (Å²) in [6.07, 6.45) is 26.0. The molecule has 0 fully saturated rings. The Hall–Kier alpha value is -0.260. The van der Waals surface area contributed by atoms with Gasteiger partial charge in [0.25, 0.3) is 0 Å². The quantitative estimate of drug-likeness (QED) is 0.199. The Balaban J connectivity index is 3.05. The van der Waals surface area contributed by atoms with Gasteiger partial charge in [0, 0.05) is 0 Å². The molecule has 0 nitrogen and oxygen atoms in total. The maximum Gasteiger partial charge on any atom is -0.0351 e. The van der Waals surface area contributed by atoms with Crippen LogP contribution in [-0.4, -0.2) is 0 Å². The molecule has 126 valence electrons. The van der Waals surface area contributed by atoms with Gasteiger partial charge in [0.05, 0.1) is 0 Å². The SMILES string of the molecule is CCCCCCCCCCCC=CCCCCCC(C)C. The van der Waals surface area contributed by atoms with Crippen LogP contribution in [-0.2, 0) is 0 Å². The van der Waals surface area contributed by atoms with Crippen molar-refractivity contribution in [1.29, 1.82) is 0 Å². The highest BCUT2D eigenvalue weighted by molar-refractivity contribution is 4.81. The van der Waals surface area contributed by atoms with Crippen LogP contribution in [0.3, 0.4) is 0 Å². The standard InChI is InChI=1S/C21H42/c1-4-5-6-7-8-9-10-11-12-13-14-15-16-17-18-19-20-21(2)3/h14-15,21H,4-13,16-20H2,1-3H3. The lowest BCUT2D eigenvalue weighted by Gasteiger charge is -2.02. The molecule has 0 aromatic rings. The fourth-order valence-corrected chi connectivity index (χ4v) is 2.80. The minimum Gasteiger partial charge on any atom is -0.0885 e. The first-order valence-electron chi connectivity index (χ1n) is 9.92. The summed E-state index contributed by atoms with van der Waals surface area (Å²) in [7, 11) is 0. The molecular weight excluding hydrogens is 252 g/mol. The third-order valence-electron chi connectivity index (χ3n) is 4.29. The summed E-state index contributed by atoms with van der Waals surface area (Å²) in [5.41, 5.74) is 0. The maximum absolute atomic E-state index is 2.42. The Kier molecular flexibility index (Phi) is 17.6. The largest absolute Gasteiger partial charge is 0.0885 e. The van der Waals surface area contributed by atoms with Crippen LogP contribution in [0.15, 0.2) is 12.2 Å². The van der Waals surface area contributed by atoms with Gasteiger partial charge in [0.15, 0.2) is 0 Å². The second-order valence-corrected chi connectivity index (χ2v) is 7.12. The number of allylic oxidation sites excluding steroid dienone is 2. The van der Waals surface area contributed by atoms with Crippen LogP contribution in [0.5, 0.6) is 0 Å². The zero-order valence-corrected chi connectivity index (χ0v) is 15.3. The molecule has 0 amide bonds. The summed E-state index contributed by atoms with van der Waals surface area (Å²) >= 11 is 0. The summed E-state index contributed by atoms with van der Waals surface area (Å²) in [6, 6.07) is 0. The fraction of sp³-hybridized carbons (Fsp3) is 0.905. The Morgan fingerprint density at radius 2 is 1.00 bits per heavy atom. The van der Waals surface area contributed by atoms with E-state index in [4.69, 9.17) is 0 Å². The molecule has 0 aliphatic carbocycles. The molecule has 0 spiro atoms. The van der Waals surface area contributed by atoms with Gasteiger partial charge in [-0.1, -0.05) is 104 Å². The van der Waals surface area contributed by atoms with Crippen LogP contribution in [0.4, 0.5) is 0 Å². The van der Waals surface area contributed by atoms with E-state index in [0.717, 1.165) is 5.92 Å². The topological polar surface area (TPSA) is 0 Å². The summed E-state index contributed by atoms with van der Waals surface area (Å²) < 4.78 is 0. The molecule has 0 N–H and O–H groups in total. The average Bonchev–Trinajstić information content (AvgIpc) is 2.46. The Labute approximate surface area is 135 Å². The van der Waals surface area contributed by atoms with Crippen LogP contribution < -0.4 is 0 Å². The van der Waals surface area contributed by atoms with Crippen molar-refractivity contribution < 1.29 is 0 Å². The van der Waals surface area contributed by atoms with Crippen molar-refractivity contribution in [2.24, 2.45) is 5.92 Å². The lowest BCUT2D eigenvalue weighted by atomic mass is 10.0. The van der Waals surface area contributed by atoms with Gasteiger partial charge in [-0.05, 0) is 31.6 Å². The molecule has 0 aliphatic heterocycles. The molecule has 0 atom stereocenters. The molecule has 0 rings (SSSR count). The molecule has 0 aliphatic rings. The minimum atomic E-state index is 0.882. The van der Waals surface area contributed by atoms with Crippen LogP contribution in [0, 0.1) is 5.92 Å². The number of hydrogen-bond acceptors (Lipinski definition) is 0. The van der Waals surface area contributed by atoms with E-state index in [1.807, 2.05) is 0 Å². The van der Waals surface area contributed by atoms with Gasteiger partial charge in [-0.2, -0.15) is 0 Å². The van der Waals surface area contributed by atoms with E-state index in [1.165, 1.54) is 96.3 Å². The van der Waals surface area contributed by atoms with Gasteiger partial charge in [0.1, 0.15) is 0 Å².